The van der Waals surface area contributed by atoms with Crippen LogP contribution in [0.1, 0.15) is 24.8 Å². The fraction of sp³-hybridized carbons (Fsp3) is 0.417. The molecular weight excluding hydrogens is 198 g/mol. The first-order valence-electron chi connectivity index (χ1n) is 5.13. The Bertz CT molecular complexity index is 383. The molecule has 0 aliphatic heterocycles. The molecule has 0 unspecified atom stereocenters. The fourth-order valence-electron chi connectivity index (χ4n) is 1.57. The zero-order valence-corrected chi connectivity index (χ0v) is 8.30. The van der Waals surface area contributed by atoms with Gasteiger partial charge < -0.3 is 0 Å². The van der Waals surface area contributed by atoms with Crippen molar-refractivity contribution in [2.24, 2.45) is 5.92 Å². The quantitative estimate of drug-likeness (QED) is 0.746. The topological polar surface area (TPSA) is 17.1 Å². The summed E-state index contributed by atoms with van der Waals surface area (Å²) in [4.78, 5) is 11.4. The average Bonchev–Trinajstić information content (AvgIpc) is 3.03. The summed E-state index contributed by atoms with van der Waals surface area (Å²) in [5, 5.41) is 0. The van der Waals surface area contributed by atoms with Gasteiger partial charge >= 0.3 is 0 Å². The van der Waals surface area contributed by atoms with Crippen LogP contribution in [-0.4, -0.2) is 5.78 Å². The number of aryl methyl sites for hydroxylation is 1. The van der Waals surface area contributed by atoms with Crippen LogP contribution in [0.5, 0.6) is 0 Å². The number of hydrogen-bond donors (Lipinski definition) is 0. The molecular formula is C12H12F2O. The first-order valence-corrected chi connectivity index (χ1v) is 5.13. The van der Waals surface area contributed by atoms with Crippen LogP contribution < -0.4 is 0 Å². The lowest BCUT2D eigenvalue weighted by molar-refractivity contribution is -0.120. The maximum absolute atomic E-state index is 12.8. The third kappa shape index (κ3) is 2.61. The van der Waals surface area contributed by atoms with Crippen LogP contribution in [0.4, 0.5) is 8.78 Å². The van der Waals surface area contributed by atoms with Gasteiger partial charge in [0.15, 0.2) is 11.6 Å². The maximum Gasteiger partial charge on any atom is 0.159 e. The van der Waals surface area contributed by atoms with Gasteiger partial charge in [-0.25, -0.2) is 8.78 Å². The molecule has 0 radical (unpaired) electrons. The van der Waals surface area contributed by atoms with Crippen molar-refractivity contribution < 1.29 is 13.6 Å². The average molecular weight is 210 g/mol. The van der Waals surface area contributed by atoms with Gasteiger partial charge in [0.2, 0.25) is 0 Å². The highest BCUT2D eigenvalue weighted by Crippen LogP contribution is 2.31. The number of hydrogen-bond acceptors (Lipinski definition) is 1. The lowest BCUT2D eigenvalue weighted by Gasteiger charge is -2.01. The Hall–Kier alpha value is -1.25. The van der Waals surface area contributed by atoms with Crippen molar-refractivity contribution in [3.05, 3.63) is 35.4 Å². The molecule has 0 bridgehead atoms. The summed E-state index contributed by atoms with van der Waals surface area (Å²) in [6.45, 7) is 0. The van der Waals surface area contributed by atoms with E-state index in [2.05, 4.69) is 0 Å². The Kier molecular flexibility index (Phi) is 2.80. The molecule has 3 heteroatoms. The largest absolute Gasteiger partial charge is 0.299 e. The number of Topliss-reactive ketones (excluding diaryl/α,β-unsaturated/α-hetero) is 1. The molecule has 0 aromatic heterocycles. The van der Waals surface area contributed by atoms with Gasteiger partial charge in [0.1, 0.15) is 5.78 Å². The minimum Gasteiger partial charge on any atom is -0.299 e. The SMILES string of the molecule is O=C(CCc1ccc(F)c(F)c1)C1CC1. The van der Waals surface area contributed by atoms with Crippen molar-refractivity contribution in [2.45, 2.75) is 25.7 Å². The molecule has 1 fully saturated rings. The van der Waals surface area contributed by atoms with Gasteiger partial charge in [-0.1, -0.05) is 6.07 Å². The maximum atomic E-state index is 12.8. The minimum absolute atomic E-state index is 0.246. The zero-order valence-electron chi connectivity index (χ0n) is 8.30. The van der Waals surface area contributed by atoms with E-state index in [1.54, 1.807) is 0 Å². The van der Waals surface area contributed by atoms with Crippen LogP contribution >= 0.6 is 0 Å². The Morgan fingerprint density at radius 3 is 2.60 bits per heavy atom. The third-order valence-electron chi connectivity index (χ3n) is 2.68. The second-order valence-electron chi connectivity index (χ2n) is 3.99. The van der Waals surface area contributed by atoms with Crippen LogP contribution in [0.3, 0.4) is 0 Å². The van der Waals surface area contributed by atoms with Crippen molar-refractivity contribution in [3.8, 4) is 0 Å². The predicted molar refractivity (Wildman–Crippen MR) is 52.4 cm³/mol. The van der Waals surface area contributed by atoms with Gasteiger partial charge in [-0.3, -0.25) is 4.79 Å². The number of halogens is 2. The van der Waals surface area contributed by atoms with E-state index in [4.69, 9.17) is 0 Å². The fourth-order valence-corrected chi connectivity index (χ4v) is 1.57. The standard InChI is InChI=1S/C12H12F2O/c13-10-5-1-8(7-11(10)14)2-6-12(15)9-3-4-9/h1,5,7,9H,2-4,6H2. The second-order valence-corrected chi connectivity index (χ2v) is 3.99. The van der Waals surface area contributed by atoms with Crippen molar-refractivity contribution >= 4 is 5.78 Å². The Labute approximate surface area is 87.1 Å². The molecule has 1 aromatic carbocycles. The summed E-state index contributed by atoms with van der Waals surface area (Å²) in [7, 11) is 0. The lowest BCUT2D eigenvalue weighted by atomic mass is 10.1. The molecule has 0 atom stereocenters. The smallest absolute Gasteiger partial charge is 0.159 e. The molecule has 15 heavy (non-hydrogen) atoms. The van der Waals surface area contributed by atoms with E-state index in [1.165, 1.54) is 6.07 Å². The van der Waals surface area contributed by atoms with Crippen molar-refractivity contribution in [1.82, 2.24) is 0 Å². The van der Waals surface area contributed by atoms with E-state index in [9.17, 15) is 13.6 Å². The molecule has 0 N–H and O–H groups in total. The number of benzene rings is 1. The van der Waals surface area contributed by atoms with E-state index < -0.39 is 11.6 Å². The van der Waals surface area contributed by atoms with E-state index in [-0.39, 0.29) is 11.7 Å². The number of carbonyl (C=O) groups is 1. The summed E-state index contributed by atoms with van der Waals surface area (Å²) in [6, 6.07) is 3.79. The molecule has 0 amide bonds. The van der Waals surface area contributed by atoms with Gasteiger partial charge in [-0.2, -0.15) is 0 Å². The van der Waals surface area contributed by atoms with E-state index in [1.807, 2.05) is 0 Å². The summed E-state index contributed by atoms with van der Waals surface area (Å²) >= 11 is 0. The molecule has 1 nitrogen and oxygen atoms in total. The molecule has 0 heterocycles. The predicted octanol–water partition coefficient (Wildman–Crippen LogP) is 2.88. The minimum atomic E-state index is -0.841. The van der Waals surface area contributed by atoms with Crippen LogP contribution in [0.25, 0.3) is 0 Å². The van der Waals surface area contributed by atoms with Crippen LogP contribution in [0.15, 0.2) is 18.2 Å². The lowest BCUT2D eigenvalue weighted by Crippen LogP contribution is -2.02. The molecule has 1 saturated carbocycles. The van der Waals surface area contributed by atoms with Gasteiger partial charge in [-0.05, 0) is 37.0 Å². The molecule has 1 aliphatic rings. The molecule has 80 valence electrons. The normalized spacial score (nSPS) is 15.3. The van der Waals surface area contributed by atoms with Gasteiger partial charge in [0.25, 0.3) is 0 Å². The molecule has 0 spiro atoms. The van der Waals surface area contributed by atoms with Gasteiger partial charge in [0, 0.05) is 12.3 Å². The Morgan fingerprint density at radius 1 is 1.27 bits per heavy atom. The highest BCUT2D eigenvalue weighted by Gasteiger charge is 2.28. The Balaban J connectivity index is 1.92. The van der Waals surface area contributed by atoms with Crippen molar-refractivity contribution in [2.75, 3.05) is 0 Å². The van der Waals surface area contributed by atoms with E-state index in [0.29, 0.717) is 18.4 Å². The molecule has 2 rings (SSSR count). The second kappa shape index (κ2) is 4.09. The van der Waals surface area contributed by atoms with Crippen LogP contribution in [-0.2, 0) is 11.2 Å². The summed E-state index contributed by atoms with van der Waals surface area (Å²) in [5.74, 6) is -1.19. The first kappa shape index (κ1) is 10.3. The molecule has 1 aliphatic carbocycles. The molecule has 1 aromatic rings. The van der Waals surface area contributed by atoms with Crippen LogP contribution in [0.2, 0.25) is 0 Å². The highest BCUT2D eigenvalue weighted by atomic mass is 19.2. The van der Waals surface area contributed by atoms with Crippen LogP contribution in [0, 0.1) is 17.6 Å². The van der Waals surface area contributed by atoms with E-state index >= 15 is 0 Å². The summed E-state index contributed by atoms with van der Waals surface area (Å²) < 4.78 is 25.4. The number of ketones is 1. The third-order valence-corrected chi connectivity index (χ3v) is 2.68. The monoisotopic (exact) mass is 210 g/mol. The number of rotatable bonds is 4. The summed E-state index contributed by atoms with van der Waals surface area (Å²) in [6.07, 6.45) is 2.94. The summed E-state index contributed by atoms with van der Waals surface area (Å²) in [5.41, 5.74) is 0.683. The van der Waals surface area contributed by atoms with E-state index in [0.717, 1.165) is 25.0 Å². The van der Waals surface area contributed by atoms with Gasteiger partial charge in [0.05, 0.1) is 0 Å². The zero-order chi connectivity index (χ0) is 10.8. The van der Waals surface area contributed by atoms with Crippen molar-refractivity contribution in [3.63, 3.8) is 0 Å². The highest BCUT2D eigenvalue weighted by molar-refractivity contribution is 5.83. The number of carbonyl (C=O) groups excluding carboxylic acids is 1. The first-order chi connectivity index (χ1) is 7.16. The molecule has 0 saturated heterocycles. The van der Waals surface area contributed by atoms with Crippen molar-refractivity contribution in [1.29, 1.82) is 0 Å². The Morgan fingerprint density at radius 2 is 2.00 bits per heavy atom. The van der Waals surface area contributed by atoms with Gasteiger partial charge in [-0.15, -0.1) is 0 Å².